The second kappa shape index (κ2) is 6.08. The summed E-state index contributed by atoms with van der Waals surface area (Å²) in [4.78, 5) is 33.3. The quantitative estimate of drug-likeness (QED) is 0.837. The standard InChI is InChI=1S/C21H23N3O2/c25-20-15-7-3-4-8-16(15)23-19(24-20)17-12-9-10-13(11-12)18(17)21(26)22-14-5-1-2-6-14/h3-4,7-10,12-14,17-18H,1-2,5-6,11H2,(H,22,26)(H,23,24,25)/t12-,13+,17+,18+/m1/s1. The molecule has 3 aliphatic rings. The third kappa shape index (κ3) is 2.49. The van der Waals surface area contributed by atoms with Crippen LogP contribution >= 0.6 is 0 Å². The van der Waals surface area contributed by atoms with Crippen molar-refractivity contribution in [1.29, 1.82) is 0 Å². The zero-order chi connectivity index (χ0) is 17.7. The molecule has 2 saturated carbocycles. The van der Waals surface area contributed by atoms with Crippen molar-refractivity contribution in [2.75, 3.05) is 0 Å². The Morgan fingerprint density at radius 1 is 1.12 bits per heavy atom. The maximum Gasteiger partial charge on any atom is 0.258 e. The van der Waals surface area contributed by atoms with Gasteiger partial charge in [-0.3, -0.25) is 9.59 Å². The van der Waals surface area contributed by atoms with Crippen molar-refractivity contribution >= 4 is 16.8 Å². The minimum absolute atomic E-state index is 0.0382. The van der Waals surface area contributed by atoms with Gasteiger partial charge in [-0.2, -0.15) is 0 Å². The number of para-hydroxylation sites is 1. The summed E-state index contributed by atoms with van der Waals surface area (Å²) >= 11 is 0. The number of benzene rings is 1. The van der Waals surface area contributed by atoms with Crippen LogP contribution in [0.15, 0.2) is 41.2 Å². The maximum absolute atomic E-state index is 13.1. The first-order valence-electron chi connectivity index (χ1n) is 9.68. The first kappa shape index (κ1) is 15.8. The summed E-state index contributed by atoms with van der Waals surface area (Å²) < 4.78 is 0. The zero-order valence-electron chi connectivity index (χ0n) is 14.7. The number of nitrogens with one attached hydrogen (secondary N) is 2. The van der Waals surface area contributed by atoms with Gasteiger partial charge in [-0.25, -0.2) is 4.98 Å². The number of fused-ring (bicyclic) bond motifs is 3. The van der Waals surface area contributed by atoms with Crippen LogP contribution in [0.25, 0.3) is 10.9 Å². The number of hydrogen-bond donors (Lipinski definition) is 2. The van der Waals surface area contributed by atoms with Crippen molar-refractivity contribution in [2.24, 2.45) is 17.8 Å². The molecule has 0 spiro atoms. The minimum Gasteiger partial charge on any atom is -0.353 e. The van der Waals surface area contributed by atoms with Crippen molar-refractivity contribution in [3.8, 4) is 0 Å². The fourth-order valence-electron chi connectivity index (χ4n) is 5.18. The van der Waals surface area contributed by atoms with E-state index in [9.17, 15) is 9.59 Å². The van der Waals surface area contributed by atoms with Crippen LogP contribution in [0, 0.1) is 17.8 Å². The molecule has 5 heteroatoms. The summed E-state index contributed by atoms with van der Waals surface area (Å²) in [6.07, 6.45) is 9.92. The highest BCUT2D eigenvalue weighted by molar-refractivity contribution is 5.82. The van der Waals surface area contributed by atoms with Gasteiger partial charge in [0, 0.05) is 12.0 Å². The number of amides is 1. The second-order valence-electron chi connectivity index (χ2n) is 7.96. The van der Waals surface area contributed by atoms with Crippen molar-refractivity contribution in [3.05, 3.63) is 52.6 Å². The number of carbonyl (C=O) groups is 1. The Morgan fingerprint density at radius 3 is 2.73 bits per heavy atom. The molecule has 1 aromatic carbocycles. The fourth-order valence-corrected chi connectivity index (χ4v) is 5.18. The monoisotopic (exact) mass is 349 g/mol. The first-order chi connectivity index (χ1) is 12.7. The van der Waals surface area contributed by atoms with Gasteiger partial charge in [-0.05, 0) is 43.2 Å². The van der Waals surface area contributed by atoms with Gasteiger partial charge in [0.15, 0.2) is 0 Å². The van der Waals surface area contributed by atoms with Gasteiger partial charge in [0.2, 0.25) is 5.91 Å². The normalized spacial score (nSPS) is 30.3. The van der Waals surface area contributed by atoms with Gasteiger partial charge >= 0.3 is 0 Å². The van der Waals surface area contributed by atoms with E-state index in [1.165, 1.54) is 12.8 Å². The second-order valence-corrected chi connectivity index (χ2v) is 7.96. The summed E-state index contributed by atoms with van der Waals surface area (Å²) in [5.41, 5.74) is 0.584. The van der Waals surface area contributed by atoms with Crippen molar-refractivity contribution in [2.45, 2.75) is 44.1 Å². The van der Waals surface area contributed by atoms with E-state index in [4.69, 9.17) is 4.98 Å². The Hall–Kier alpha value is -2.43. The van der Waals surface area contributed by atoms with E-state index in [0.717, 1.165) is 19.3 Å². The smallest absolute Gasteiger partial charge is 0.258 e. The van der Waals surface area contributed by atoms with Crippen LogP contribution in [-0.4, -0.2) is 21.9 Å². The molecular weight excluding hydrogens is 326 g/mol. The van der Waals surface area contributed by atoms with Crippen molar-refractivity contribution in [1.82, 2.24) is 15.3 Å². The van der Waals surface area contributed by atoms with Crippen LogP contribution in [0.1, 0.15) is 43.8 Å². The van der Waals surface area contributed by atoms with Crippen LogP contribution in [0.5, 0.6) is 0 Å². The lowest BCUT2D eigenvalue weighted by molar-refractivity contribution is -0.127. The van der Waals surface area contributed by atoms with E-state index >= 15 is 0 Å². The number of aromatic amines is 1. The molecule has 1 aromatic heterocycles. The molecule has 0 saturated heterocycles. The molecule has 2 N–H and O–H groups in total. The highest BCUT2D eigenvalue weighted by Gasteiger charge is 2.50. The van der Waals surface area contributed by atoms with E-state index in [0.29, 0.717) is 22.8 Å². The fraction of sp³-hybridized carbons (Fsp3) is 0.476. The van der Waals surface area contributed by atoms with Gasteiger partial charge in [0.1, 0.15) is 5.82 Å². The van der Waals surface area contributed by atoms with E-state index in [-0.39, 0.29) is 35.1 Å². The lowest BCUT2D eigenvalue weighted by atomic mass is 9.81. The Morgan fingerprint density at radius 2 is 1.88 bits per heavy atom. The Balaban J connectivity index is 1.51. The third-order valence-electron chi connectivity index (χ3n) is 6.41. The van der Waals surface area contributed by atoms with Gasteiger partial charge in [0.25, 0.3) is 5.56 Å². The molecule has 2 bridgehead atoms. The molecule has 2 fully saturated rings. The Kier molecular flexibility index (Phi) is 3.69. The summed E-state index contributed by atoms with van der Waals surface area (Å²) in [6.45, 7) is 0. The molecule has 0 unspecified atom stereocenters. The predicted octanol–water partition coefficient (Wildman–Crippen LogP) is 2.89. The highest BCUT2D eigenvalue weighted by atomic mass is 16.2. The molecular formula is C21H23N3O2. The van der Waals surface area contributed by atoms with E-state index in [1.54, 1.807) is 6.07 Å². The van der Waals surface area contributed by atoms with Gasteiger partial charge in [0.05, 0.1) is 16.8 Å². The molecule has 26 heavy (non-hydrogen) atoms. The van der Waals surface area contributed by atoms with Crippen LogP contribution < -0.4 is 10.9 Å². The topological polar surface area (TPSA) is 74.8 Å². The largest absolute Gasteiger partial charge is 0.353 e. The number of hydrogen-bond acceptors (Lipinski definition) is 3. The maximum atomic E-state index is 13.1. The minimum atomic E-state index is -0.130. The Bertz CT molecular complexity index is 942. The number of allylic oxidation sites excluding steroid dienone is 2. The van der Waals surface area contributed by atoms with Crippen LogP contribution in [0.2, 0.25) is 0 Å². The predicted molar refractivity (Wildman–Crippen MR) is 99.7 cm³/mol. The van der Waals surface area contributed by atoms with Gasteiger partial charge in [-0.15, -0.1) is 0 Å². The number of carbonyl (C=O) groups excluding carboxylic acids is 1. The molecule has 5 nitrogen and oxygen atoms in total. The summed E-state index contributed by atoms with van der Waals surface area (Å²) in [7, 11) is 0. The number of H-pyrrole nitrogens is 1. The summed E-state index contributed by atoms with van der Waals surface area (Å²) in [5.74, 6) is 1.16. The number of rotatable bonds is 3. The molecule has 5 rings (SSSR count). The average Bonchev–Trinajstić information content (AvgIpc) is 3.38. The first-order valence-corrected chi connectivity index (χ1v) is 9.68. The van der Waals surface area contributed by atoms with E-state index < -0.39 is 0 Å². The molecule has 0 aliphatic heterocycles. The van der Waals surface area contributed by atoms with E-state index in [2.05, 4.69) is 22.5 Å². The lowest BCUT2D eigenvalue weighted by Gasteiger charge is -2.27. The molecule has 3 aliphatic carbocycles. The number of nitrogens with zero attached hydrogens (tertiary/aromatic N) is 1. The molecule has 134 valence electrons. The SMILES string of the molecule is O=C(NC1CCCC1)[C@@H]1[C@@H](c2nc3ccccc3c(=O)[nH]2)[C@@H]2C=C[C@H]1C2. The summed E-state index contributed by atoms with van der Waals surface area (Å²) in [5, 5.41) is 3.86. The van der Waals surface area contributed by atoms with E-state index in [1.807, 2.05) is 18.2 Å². The van der Waals surface area contributed by atoms with Gasteiger partial charge in [-0.1, -0.05) is 37.1 Å². The molecule has 0 radical (unpaired) electrons. The van der Waals surface area contributed by atoms with Gasteiger partial charge < -0.3 is 10.3 Å². The average molecular weight is 349 g/mol. The molecule has 4 atom stereocenters. The van der Waals surface area contributed by atoms with Crippen LogP contribution in [0.3, 0.4) is 0 Å². The molecule has 1 heterocycles. The highest BCUT2D eigenvalue weighted by Crippen LogP contribution is 2.52. The van der Waals surface area contributed by atoms with Crippen molar-refractivity contribution < 1.29 is 4.79 Å². The summed E-state index contributed by atoms with van der Waals surface area (Å²) in [6, 6.07) is 7.70. The third-order valence-corrected chi connectivity index (χ3v) is 6.41. The van der Waals surface area contributed by atoms with Crippen LogP contribution in [0.4, 0.5) is 0 Å². The molecule has 2 aromatic rings. The lowest BCUT2D eigenvalue weighted by Crippen LogP contribution is -2.41. The zero-order valence-corrected chi connectivity index (χ0v) is 14.7. The van der Waals surface area contributed by atoms with Crippen molar-refractivity contribution in [3.63, 3.8) is 0 Å². The number of aromatic nitrogens is 2. The van der Waals surface area contributed by atoms with Crippen LogP contribution in [-0.2, 0) is 4.79 Å². The Labute approximate surface area is 151 Å². The molecule has 1 amide bonds.